The molecule has 0 atom stereocenters. The lowest BCUT2D eigenvalue weighted by molar-refractivity contribution is -0.122. The number of nitrogens with zero attached hydrogens (tertiary/aromatic N) is 2. The van der Waals surface area contributed by atoms with Gasteiger partial charge in [0, 0.05) is 24.8 Å². The second-order valence-electron chi connectivity index (χ2n) is 7.26. The Morgan fingerprint density at radius 2 is 1.83 bits per heavy atom. The third kappa shape index (κ3) is 6.69. The van der Waals surface area contributed by atoms with Crippen molar-refractivity contribution in [3.8, 4) is 0 Å². The zero-order valence-corrected chi connectivity index (χ0v) is 15.1. The van der Waals surface area contributed by atoms with Crippen molar-refractivity contribution in [3.05, 3.63) is 11.7 Å². The first-order valence-electron chi connectivity index (χ1n) is 8.52. The third-order valence-electron chi connectivity index (χ3n) is 3.75. The van der Waals surface area contributed by atoms with Crippen molar-refractivity contribution in [2.45, 2.75) is 84.2 Å². The maximum absolute atomic E-state index is 12.0. The van der Waals surface area contributed by atoms with Crippen LogP contribution in [0.5, 0.6) is 0 Å². The number of nitrogens with one attached hydrogen (secondary N) is 1. The number of aromatic nitrogens is 2. The quantitative estimate of drug-likeness (QED) is 0.729. The summed E-state index contributed by atoms with van der Waals surface area (Å²) in [7, 11) is 0. The second kappa shape index (κ2) is 8.43. The first kappa shape index (κ1) is 19.6. The molecule has 0 saturated heterocycles. The Morgan fingerprint density at radius 1 is 1.22 bits per heavy atom. The molecule has 6 heteroatoms. The van der Waals surface area contributed by atoms with Crippen LogP contribution in [0.15, 0.2) is 4.52 Å². The molecule has 0 spiro atoms. The fourth-order valence-electron chi connectivity index (χ4n) is 2.47. The molecule has 2 N–H and O–H groups in total. The van der Waals surface area contributed by atoms with Crippen LogP contribution in [0.1, 0.15) is 78.4 Å². The largest absolute Gasteiger partial charge is 0.388 e. The molecule has 0 bridgehead atoms. The molecule has 0 fully saturated rings. The summed E-state index contributed by atoms with van der Waals surface area (Å²) in [4.78, 5) is 16.3. The summed E-state index contributed by atoms with van der Waals surface area (Å²) in [6.07, 6.45) is 3.86. The van der Waals surface area contributed by atoms with Gasteiger partial charge in [0.25, 0.3) is 0 Å². The monoisotopic (exact) mass is 325 g/mol. The molecule has 0 aliphatic rings. The Bertz CT molecular complexity index is 486. The SMILES string of the molecule is CCCC(O)(CCC)CNC(=O)CCc1nc(C(C)(C)C)no1. The summed E-state index contributed by atoms with van der Waals surface area (Å²) in [5, 5.41) is 17.2. The molecule has 0 aromatic carbocycles. The van der Waals surface area contributed by atoms with Crippen molar-refractivity contribution in [1.29, 1.82) is 0 Å². The summed E-state index contributed by atoms with van der Waals surface area (Å²) < 4.78 is 5.17. The number of aryl methyl sites for hydroxylation is 1. The molecule has 1 aromatic heterocycles. The Balaban J connectivity index is 2.43. The van der Waals surface area contributed by atoms with Crippen molar-refractivity contribution < 1.29 is 14.4 Å². The number of amides is 1. The minimum Gasteiger partial charge on any atom is -0.388 e. The Labute approximate surface area is 139 Å². The van der Waals surface area contributed by atoms with E-state index in [9.17, 15) is 9.90 Å². The molecular formula is C17H31N3O3. The van der Waals surface area contributed by atoms with Crippen LogP contribution in [0.4, 0.5) is 0 Å². The van der Waals surface area contributed by atoms with Crippen molar-refractivity contribution in [3.63, 3.8) is 0 Å². The average Bonchev–Trinajstić information content (AvgIpc) is 2.92. The zero-order valence-electron chi connectivity index (χ0n) is 15.1. The molecular weight excluding hydrogens is 294 g/mol. The van der Waals surface area contributed by atoms with Gasteiger partial charge < -0.3 is 14.9 Å². The highest BCUT2D eigenvalue weighted by atomic mass is 16.5. The number of hydrogen-bond donors (Lipinski definition) is 2. The van der Waals surface area contributed by atoms with Crippen LogP contribution >= 0.6 is 0 Å². The van der Waals surface area contributed by atoms with Gasteiger partial charge in [0.05, 0.1) is 5.60 Å². The van der Waals surface area contributed by atoms with E-state index in [1.807, 2.05) is 34.6 Å². The Kier molecular flexibility index (Phi) is 7.19. The van der Waals surface area contributed by atoms with Crippen LogP contribution in [-0.4, -0.2) is 33.3 Å². The fourth-order valence-corrected chi connectivity index (χ4v) is 2.47. The summed E-state index contributed by atoms with van der Waals surface area (Å²) in [6.45, 7) is 10.4. The summed E-state index contributed by atoms with van der Waals surface area (Å²) in [6, 6.07) is 0. The van der Waals surface area contributed by atoms with Crippen molar-refractivity contribution >= 4 is 5.91 Å². The van der Waals surface area contributed by atoms with Gasteiger partial charge in [0.15, 0.2) is 5.82 Å². The van der Waals surface area contributed by atoms with E-state index in [0.717, 1.165) is 12.8 Å². The third-order valence-corrected chi connectivity index (χ3v) is 3.75. The van der Waals surface area contributed by atoms with E-state index in [0.29, 0.717) is 37.5 Å². The first-order valence-corrected chi connectivity index (χ1v) is 8.52. The number of rotatable bonds is 9. The van der Waals surface area contributed by atoms with E-state index in [2.05, 4.69) is 15.5 Å². The van der Waals surface area contributed by atoms with E-state index < -0.39 is 5.60 Å². The van der Waals surface area contributed by atoms with Gasteiger partial charge in [0.1, 0.15) is 0 Å². The van der Waals surface area contributed by atoms with Gasteiger partial charge in [-0.25, -0.2) is 0 Å². The summed E-state index contributed by atoms with van der Waals surface area (Å²) >= 11 is 0. The van der Waals surface area contributed by atoms with E-state index in [1.54, 1.807) is 0 Å². The molecule has 0 unspecified atom stereocenters. The highest BCUT2D eigenvalue weighted by Crippen LogP contribution is 2.19. The average molecular weight is 325 g/mol. The summed E-state index contributed by atoms with van der Waals surface area (Å²) in [5.74, 6) is 1.02. The lowest BCUT2D eigenvalue weighted by Crippen LogP contribution is -2.42. The van der Waals surface area contributed by atoms with Gasteiger partial charge in [-0.15, -0.1) is 0 Å². The highest BCUT2D eigenvalue weighted by Gasteiger charge is 2.25. The van der Waals surface area contributed by atoms with Crippen LogP contribution < -0.4 is 5.32 Å². The molecule has 1 amide bonds. The molecule has 23 heavy (non-hydrogen) atoms. The molecule has 1 heterocycles. The maximum atomic E-state index is 12.0. The zero-order chi connectivity index (χ0) is 17.5. The molecule has 132 valence electrons. The molecule has 0 aliphatic carbocycles. The predicted molar refractivity (Wildman–Crippen MR) is 89.1 cm³/mol. The lowest BCUT2D eigenvalue weighted by atomic mass is 9.92. The molecule has 1 rings (SSSR count). The second-order valence-corrected chi connectivity index (χ2v) is 7.26. The highest BCUT2D eigenvalue weighted by molar-refractivity contribution is 5.76. The lowest BCUT2D eigenvalue weighted by Gasteiger charge is -2.27. The minimum absolute atomic E-state index is 0.105. The maximum Gasteiger partial charge on any atom is 0.227 e. The van der Waals surface area contributed by atoms with E-state index in [-0.39, 0.29) is 17.7 Å². The first-order chi connectivity index (χ1) is 10.7. The van der Waals surface area contributed by atoms with Crippen molar-refractivity contribution in [2.24, 2.45) is 0 Å². The molecule has 0 aliphatic heterocycles. The van der Waals surface area contributed by atoms with Gasteiger partial charge in [-0.05, 0) is 12.8 Å². The van der Waals surface area contributed by atoms with Crippen LogP contribution in [0.25, 0.3) is 0 Å². The number of aliphatic hydroxyl groups is 1. The predicted octanol–water partition coefficient (Wildman–Crippen LogP) is 2.75. The number of carbonyl (C=O) groups excluding carboxylic acids is 1. The number of hydrogen-bond acceptors (Lipinski definition) is 5. The topological polar surface area (TPSA) is 88.2 Å². The van der Waals surface area contributed by atoms with E-state index in [4.69, 9.17) is 4.52 Å². The van der Waals surface area contributed by atoms with Gasteiger partial charge in [0.2, 0.25) is 11.8 Å². The van der Waals surface area contributed by atoms with Gasteiger partial charge in [-0.1, -0.05) is 52.6 Å². The number of carbonyl (C=O) groups is 1. The minimum atomic E-state index is -0.803. The van der Waals surface area contributed by atoms with Crippen LogP contribution in [0, 0.1) is 0 Å². The Morgan fingerprint density at radius 3 is 2.30 bits per heavy atom. The fraction of sp³-hybridized carbons (Fsp3) is 0.824. The van der Waals surface area contributed by atoms with Crippen molar-refractivity contribution in [2.75, 3.05) is 6.54 Å². The molecule has 0 radical (unpaired) electrons. The molecule has 0 saturated carbocycles. The van der Waals surface area contributed by atoms with Crippen molar-refractivity contribution in [1.82, 2.24) is 15.5 Å². The standard InChI is InChI=1S/C17H31N3O3/c1-6-10-17(22,11-7-2)12-18-13(21)8-9-14-19-15(20-23-14)16(3,4)5/h22H,6-12H2,1-5H3,(H,18,21). The Hall–Kier alpha value is -1.43. The van der Waals surface area contributed by atoms with Gasteiger partial charge >= 0.3 is 0 Å². The van der Waals surface area contributed by atoms with E-state index in [1.165, 1.54) is 0 Å². The normalized spacial score (nSPS) is 12.4. The molecule has 1 aromatic rings. The summed E-state index contributed by atoms with van der Waals surface area (Å²) in [5.41, 5.74) is -0.968. The van der Waals surface area contributed by atoms with Crippen LogP contribution in [0.3, 0.4) is 0 Å². The smallest absolute Gasteiger partial charge is 0.227 e. The van der Waals surface area contributed by atoms with Crippen LogP contribution in [-0.2, 0) is 16.6 Å². The van der Waals surface area contributed by atoms with Crippen LogP contribution in [0.2, 0.25) is 0 Å². The van der Waals surface area contributed by atoms with Gasteiger partial charge in [-0.2, -0.15) is 4.98 Å². The van der Waals surface area contributed by atoms with E-state index >= 15 is 0 Å². The molecule has 6 nitrogen and oxygen atoms in total. The van der Waals surface area contributed by atoms with Gasteiger partial charge in [-0.3, -0.25) is 4.79 Å².